The lowest BCUT2D eigenvalue weighted by Crippen LogP contribution is -2.56. The largest absolute Gasteiger partial charge is 0.378 e. The van der Waals surface area contributed by atoms with Crippen molar-refractivity contribution in [3.63, 3.8) is 0 Å². The lowest BCUT2D eigenvalue weighted by Gasteiger charge is -2.45. The van der Waals surface area contributed by atoms with Gasteiger partial charge in [-0.05, 0) is 50.8 Å². The van der Waals surface area contributed by atoms with Crippen molar-refractivity contribution < 1.29 is 0 Å². The van der Waals surface area contributed by atoms with Gasteiger partial charge in [0.25, 0.3) is 0 Å². The third-order valence-corrected chi connectivity index (χ3v) is 4.94. The number of hydrogen-bond acceptors (Lipinski definition) is 3. The number of nitrogens with one attached hydrogen (secondary N) is 1. The summed E-state index contributed by atoms with van der Waals surface area (Å²) in [6, 6.07) is 9.28. The lowest BCUT2D eigenvalue weighted by atomic mass is 9.83. The Labute approximate surface area is 116 Å². The van der Waals surface area contributed by atoms with Crippen LogP contribution in [0.4, 0.5) is 5.69 Å². The van der Waals surface area contributed by atoms with Crippen LogP contribution in [0.1, 0.15) is 31.2 Å². The van der Waals surface area contributed by atoms with Gasteiger partial charge < -0.3 is 16.0 Å². The van der Waals surface area contributed by atoms with Gasteiger partial charge in [0.2, 0.25) is 0 Å². The van der Waals surface area contributed by atoms with E-state index in [0.717, 1.165) is 19.0 Å². The molecule has 1 aromatic rings. The van der Waals surface area contributed by atoms with Gasteiger partial charge in [-0.25, -0.2) is 0 Å². The molecule has 0 radical (unpaired) electrons. The third-order valence-electron chi connectivity index (χ3n) is 4.94. The molecule has 3 heteroatoms. The van der Waals surface area contributed by atoms with Crippen LogP contribution < -0.4 is 11.1 Å². The molecule has 3 nitrogen and oxygen atoms in total. The topological polar surface area (TPSA) is 41.3 Å². The Morgan fingerprint density at radius 3 is 3.00 bits per heavy atom. The second-order valence-electron chi connectivity index (χ2n) is 6.21. The highest BCUT2D eigenvalue weighted by Gasteiger charge is 2.40. The standard InChI is InChI=1S/C16H25N3/c1-13-5-2-3-7-15(13)18-16(12-17)8-10-19-9-4-6-14(19)11-16/h2-3,5,7,14,18H,4,6,8-12,17H2,1H3. The summed E-state index contributed by atoms with van der Waals surface area (Å²) in [7, 11) is 0. The van der Waals surface area contributed by atoms with Crippen LogP contribution in [-0.2, 0) is 0 Å². The zero-order valence-corrected chi connectivity index (χ0v) is 11.9. The average Bonchev–Trinajstić information content (AvgIpc) is 2.88. The summed E-state index contributed by atoms with van der Waals surface area (Å²) in [5.41, 5.74) is 8.79. The summed E-state index contributed by atoms with van der Waals surface area (Å²) in [5, 5.41) is 3.77. The molecule has 0 aromatic heterocycles. The molecule has 2 aliphatic rings. The molecule has 0 amide bonds. The molecule has 2 saturated heterocycles. The van der Waals surface area contributed by atoms with Gasteiger partial charge in [0, 0.05) is 24.8 Å². The second kappa shape index (κ2) is 5.14. The van der Waals surface area contributed by atoms with Gasteiger partial charge in [-0.15, -0.1) is 0 Å². The maximum atomic E-state index is 6.14. The van der Waals surface area contributed by atoms with Crippen LogP contribution in [0.15, 0.2) is 24.3 Å². The van der Waals surface area contributed by atoms with Gasteiger partial charge in [-0.3, -0.25) is 0 Å². The number of aryl methyl sites for hydroxylation is 1. The van der Waals surface area contributed by atoms with E-state index in [1.807, 2.05) is 0 Å². The van der Waals surface area contributed by atoms with Gasteiger partial charge in [-0.2, -0.15) is 0 Å². The van der Waals surface area contributed by atoms with Crippen LogP contribution >= 0.6 is 0 Å². The zero-order valence-electron chi connectivity index (χ0n) is 11.9. The summed E-state index contributed by atoms with van der Waals surface area (Å²) in [6.07, 6.45) is 5.05. The molecule has 2 aliphatic heterocycles. The van der Waals surface area contributed by atoms with E-state index >= 15 is 0 Å². The molecular formula is C16H25N3. The van der Waals surface area contributed by atoms with E-state index in [-0.39, 0.29) is 5.54 Å². The minimum atomic E-state index is 0.0949. The smallest absolute Gasteiger partial charge is 0.0522 e. The van der Waals surface area contributed by atoms with Crippen molar-refractivity contribution in [2.45, 2.75) is 44.2 Å². The van der Waals surface area contributed by atoms with E-state index in [1.165, 1.54) is 43.6 Å². The summed E-state index contributed by atoms with van der Waals surface area (Å²) in [4.78, 5) is 2.65. The normalized spacial score (nSPS) is 31.2. The molecule has 0 bridgehead atoms. The van der Waals surface area contributed by atoms with Gasteiger partial charge in [0.05, 0.1) is 5.54 Å². The Hall–Kier alpha value is -1.06. The predicted molar refractivity (Wildman–Crippen MR) is 80.4 cm³/mol. The number of para-hydroxylation sites is 1. The summed E-state index contributed by atoms with van der Waals surface area (Å²) in [6.45, 7) is 5.37. The van der Waals surface area contributed by atoms with Crippen molar-refractivity contribution >= 4 is 5.69 Å². The van der Waals surface area contributed by atoms with Crippen LogP contribution in [0, 0.1) is 6.92 Å². The van der Waals surface area contributed by atoms with E-state index < -0.39 is 0 Å². The number of fused-ring (bicyclic) bond motifs is 1. The number of benzene rings is 1. The Balaban J connectivity index is 1.78. The molecule has 0 spiro atoms. The molecule has 2 heterocycles. The van der Waals surface area contributed by atoms with Crippen LogP contribution in [0.2, 0.25) is 0 Å². The van der Waals surface area contributed by atoms with Crippen molar-refractivity contribution in [3.8, 4) is 0 Å². The molecule has 104 valence electrons. The predicted octanol–water partition coefficient (Wildman–Crippen LogP) is 2.36. The number of rotatable bonds is 3. The lowest BCUT2D eigenvalue weighted by molar-refractivity contribution is 0.145. The minimum Gasteiger partial charge on any atom is -0.378 e. The minimum absolute atomic E-state index is 0.0949. The van der Waals surface area contributed by atoms with E-state index in [9.17, 15) is 0 Å². The molecular weight excluding hydrogens is 234 g/mol. The Kier molecular flexibility index (Phi) is 3.50. The molecule has 1 aromatic carbocycles. The Bertz CT molecular complexity index is 445. The van der Waals surface area contributed by atoms with Crippen LogP contribution in [0.5, 0.6) is 0 Å². The fourth-order valence-electron chi connectivity index (χ4n) is 3.68. The highest BCUT2D eigenvalue weighted by molar-refractivity contribution is 5.52. The molecule has 2 unspecified atom stereocenters. The maximum Gasteiger partial charge on any atom is 0.0522 e. The maximum absolute atomic E-state index is 6.14. The zero-order chi connectivity index (χ0) is 13.3. The van der Waals surface area contributed by atoms with Gasteiger partial charge >= 0.3 is 0 Å². The highest BCUT2D eigenvalue weighted by atomic mass is 15.2. The average molecular weight is 259 g/mol. The Morgan fingerprint density at radius 1 is 1.37 bits per heavy atom. The van der Waals surface area contributed by atoms with Gasteiger partial charge in [0.15, 0.2) is 0 Å². The summed E-state index contributed by atoms with van der Waals surface area (Å²) >= 11 is 0. The van der Waals surface area contributed by atoms with Crippen molar-refractivity contribution in [2.24, 2.45) is 5.73 Å². The number of piperidine rings is 1. The van der Waals surface area contributed by atoms with E-state index in [2.05, 4.69) is 41.4 Å². The molecule has 0 aliphatic carbocycles. The van der Waals surface area contributed by atoms with E-state index in [0.29, 0.717) is 0 Å². The fourth-order valence-corrected chi connectivity index (χ4v) is 3.68. The number of nitrogens with zero attached hydrogens (tertiary/aromatic N) is 1. The molecule has 0 saturated carbocycles. The molecule has 3 N–H and O–H groups in total. The van der Waals surface area contributed by atoms with Crippen molar-refractivity contribution in [2.75, 3.05) is 25.0 Å². The molecule has 2 atom stereocenters. The van der Waals surface area contributed by atoms with Crippen molar-refractivity contribution in [1.82, 2.24) is 4.90 Å². The first kappa shape index (κ1) is 12.9. The highest BCUT2D eigenvalue weighted by Crippen LogP contribution is 2.35. The molecule has 2 fully saturated rings. The van der Waals surface area contributed by atoms with Crippen LogP contribution in [0.25, 0.3) is 0 Å². The number of hydrogen-bond donors (Lipinski definition) is 2. The van der Waals surface area contributed by atoms with Crippen molar-refractivity contribution in [3.05, 3.63) is 29.8 Å². The van der Waals surface area contributed by atoms with Gasteiger partial charge in [0.1, 0.15) is 0 Å². The second-order valence-corrected chi connectivity index (χ2v) is 6.21. The fraction of sp³-hybridized carbons (Fsp3) is 0.625. The number of nitrogens with two attached hydrogens (primary N) is 1. The number of anilines is 1. The van der Waals surface area contributed by atoms with E-state index in [1.54, 1.807) is 0 Å². The third kappa shape index (κ3) is 2.49. The first-order chi connectivity index (χ1) is 9.22. The molecule has 19 heavy (non-hydrogen) atoms. The first-order valence-corrected chi connectivity index (χ1v) is 7.50. The monoisotopic (exact) mass is 259 g/mol. The van der Waals surface area contributed by atoms with Gasteiger partial charge in [-0.1, -0.05) is 18.2 Å². The molecule has 3 rings (SSSR count). The Morgan fingerprint density at radius 2 is 2.21 bits per heavy atom. The quantitative estimate of drug-likeness (QED) is 0.875. The first-order valence-electron chi connectivity index (χ1n) is 7.50. The summed E-state index contributed by atoms with van der Waals surface area (Å²) in [5.74, 6) is 0. The van der Waals surface area contributed by atoms with Crippen LogP contribution in [-0.4, -0.2) is 36.1 Å². The SMILES string of the molecule is Cc1ccccc1NC1(CN)CCN2CCCC2C1. The van der Waals surface area contributed by atoms with E-state index in [4.69, 9.17) is 5.73 Å². The van der Waals surface area contributed by atoms with Crippen molar-refractivity contribution in [1.29, 1.82) is 0 Å². The van der Waals surface area contributed by atoms with Crippen LogP contribution in [0.3, 0.4) is 0 Å². The summed E-state index contributed by atoms with van der Waals surface area (Å²) < 4.78 is 0.